The van der Waals surface area contributed by atoms with E-state index < -0.39 is 6.43 Å². The van der Waals surface area contributed by atoms with Crippen molar-refractivity contribution in [3.63, 3.8) is 0 Å². The third-order valence-corrected chi connectivity index (χ3v) is 6.81. The summed E-state index contributed by atoms with van der Waals surface area (Å²) in [6.07, 6.45) is 2.47. The molecule has 3 aromatic heterocycles. The fraction of sp³-hybridized carbons (Fsp3) is 0.500. The molecule has 2 fully saturated rings. The number of nitrogens with zero attached hydrogens (tertiary/aromatic N) is 6. The molecule has 0 aromatic carbocycles. The van der Waals surface area contributed by atoms with Gasteiger partial charge >= 0.3 is 0 Å². The van der Waals surface area contributed by atoms with E-state index in [9.17, 15) is 13.6 Å². The van der Waals surface area contributed by atoms with Gasteiger partial charge in [-0.05, 0) is 31.0 Å². The van der Waals surface area contributed by atoms with Crippen LogP contribution in [0.25, 0.3) is 11.4 Å². The number of halogens is 2. The van der Waals surface area contributed by atoms with Crippen molar-refractivity contribution in [3.05, 3.63) is 42.4 Å². The standard InChI is InChI=1S/C24H30F2N8O/c1-15(2)24(35)32-10-7-16(8-11-32)33-12-17(13-33)34-14-20(22(31-34)23(25)26)29-21-5-3-4-18(28-21)19-6-9-27-30-19/h3-6,9,14-17,23H,7-8,10-13H2,1-2H3,(H,27,30)(H,28,29). The van der Waals surface area contributed by atoms with E-state index in [2.05, 4.69) is 30.5 Å². The number of rotatable bonds is 7. The third kappa shape index (κ3) is 4.90. The van der Waals surface area contributed by atoms with Crippen LogP contribution in [0.3, 0.4) is 0 Å². The van der Waals surface area contributed by atoms with Gasteiger partial charge in [0.1, 0.15) is 5.82 Å². The van der Waals surface area contributed by atoms with Gasteiger partial charge in [0.15, 0.2) is 5.69 Å². The van der Waals surface area contributed by atoms with Gasteiger partial charge < -0.3 is 10.2 Å². The monoisotopic (exact) mass is 484 g/mol. The van der Waals surface area contributed by atoms with E-state index in [0.29, 0.717) is 17.6 Å². The fourth-order valence-electron chi connectivity index (χ4n) is 4.81. The Morgan fingerprint density at radius 3 is 2.57 bits per heavy atom. The van der Waals surface area contributed by atoms with Gasteiger partial charge in [-0.25, -0.2) is 13.8 Å². The quantitative estimate of drug-likeness (QED) is 0.529. The molecule has 3 aromatic rings. The van der Waals surface area contributed by atoms with Gasteiger partial charge in [-0.1, -0.05) is 19.9 Å². The second-order valence-electron chi connectivity index (χ2n) is 9.53. The fourth-order valence-corrected chi connectivity index (χ4v) is 4.81. The van der Waals surface area contributed by atoms with Crippen molar-refractivity contribution in [2.75, 3.05) is 31.5 Å². The number of aromatic nitrogens is 5. The molecule has 1 amide bonds. The van der Waals surface area contributed by atoms with E-state index >= 15 is 0 Å². The molecule has 11 heteroatoms. The SMILES string of the molecule is CC(C)C(=O)N1CCC(N2CC(n3cc(Nc4cccc(-c5ccn[nH]5)n4)c(C(F)F)n3)C2)CC1. The minimum absolute atomic E-state index is 0.0229. The van der Waals surface area contributed by atoms with Crippen LogP contribution >= 0.6 is 0 Å². The Bertz CT molecular complexity index is 1150. The lowest BCUT2D eigenvalue weighted by Crippen LogP contribution is -2.56. The Kier molecular flexibility index (Phi) is 6.50. The minimum Gasteiger partial charge on any atom is -0.342 e. The molecule has 9 nitrogen and oxygen atoms in total. The Morgan fingerprint density at radius 1 is 1.14 bits per heavy atom. The summed E-state index contributed by atoms with van der Waals surface area (Å²) >= 11 is 0. The molecule has 5 rings (SSSR count). The maximum absolute atomic E-state index is 13.8. The molecule has 0 bridgehead atoms. The molecule has 2 saturated heterocycles. The predicted molar refractivity (Wildman–Crippen MR) is 127 cm³/mol. The lowest BCUT2D eigenvalue weighted by atomic mass is 9.97. The van der Waals surface area contributed by atoms with Crippen LogP contribution in [0.4, 0.5) is 20.3 Å². The second kappa shape index (κ2) is 9.73. The molecule has 0 radical (unpaired) electrons. The highest BCUT2D eigenvalue weighted by Crippen LogP contribution is 2.33. The molecular weight excluding hydrogens is 454 g/mol. The average molecular weight is 485 g/mol. The first-order chi connectivity index (χ1) is 16.9. The highest BCUT2D eigenvalue weighted by molar-refractivity contribution is 5.78. The molecule has 186 valence electrons. The number of pyridine rings is 1. The van der Waals surface area contributed by atoms with Crippen LogP contribution in [0.15, 0.2) is 36.7 Å². The summed E-state index contributed by atoms with van der Waals surface area (Å²) in [5.74, 6) is 0.692. The van der Waals surface area contributed by atoms with Crippen LogP contribution in [0.2, 0.25) is 0 Å². The van der Waals surface area contributed by atoms with Crippen LogP contribution in [0.5, 0.6) is 0 Å². The number of carbonyl (C=O) groups is 1. The Hall–Kier alpha value is -3.34. The van der Waals surface area contributed by atoms with Gasteiger partial charge in [0.25, 0.3) is 6.43 Å². The van der Waals surface area contributed by atoms with E-state index in [1.54, 1.807) is 29.2 Å². The van der Waals surface area contributed by atoms with Crippen LogP contribution in [0, 0.1) is 5.92 Å². The lowest BCUT2D eigenvalue weighted by molar-refractivity contribution is -0.136. The van der Waals surface area contributed by atoms with Gasteiger partial charge in [0.2, 0.25) is 5.91 Å². The van der Waals surface area contributed by atoms with Crippen molar-refractivity contribution in [2.24, 2.45) is 5.92 Å². The number of H-pyrrole nitrogens is 1. The van der Waals surface area contributed by atoms with Gasteiger partial charge in [-0.3, -0.25) is 19.5 Å². The first-order valence-corrected chi connectivity index (χ1v) is 12.0. The Morgan fingerprint density at radius 2 is 1.91 bits per heavy atom. The molecular formula is C24H30F2N8O. The van der Waals surface area contributed by atoms with E-state index in [-0.39, 0.29) is 29.2 Å². The summed E-state index contributed by atoms with van der Waals surface area (Å²) in [5, 5.41) is 14.0. The number of nitrogens with one attached hydrogen (secondary N) is 2. The minimum atomic E-state index is -2.70. The summed E-state index contributed by atoms with van der Waals surface area (Å²) in [6, 6.07) is 7.61. The Labute approximate surface area is 202 Å². The van der Waals surface area contributed by atoms with Crippen molar-refractivity contribution in [2.45, 2.75) is 45.2 Å². The number of likely N-dealkylation sites (tertiary alicyclic amines) is 2. The van der Waals surface area contributed by atoms with Crippen LogP contribution < -0.4 is 5.32 Å². The predicted octanol–water partition coefficient (Wildman–Crippen LogP) is 3.85. The molecule has 0 saturated carbocycles. The topological polar surface area (TPSA) is 95.0 Å². The van der Waals surface area contributed by atoms with Crippen molar-refractivity contribution >= 4 is 17.4 Å². The average Bonchev–Trinajstić information content (AvgIpc) is 3.49. The van der Waals surface area contributed by atoms with Crippen LogP contribution in [-0.4, -0.2) is 72.9 Å². The molecule has 2 aliphatic rings. The zero-order valence-corrected chi connectivity index (χ0v) is 19.9. The number of piperidine rings is 1. The molecule has 0 atom stereocenters. The Balaban J connectivity index is 1.22. The number of aromatic amines is 1. The van der Waals surface area contributed by atoms with Gasteiger partial charge in [0.05, 0.1) is 23.1 Å². The maximum Gasteiger partial charge on any atom is 0.284 e. The van der Waals surface area contributed by atoms with E-state index in [1.807, 2.05) is 30.9 Å². The first kappa shape index (κ1) is 23.4. The summed E-state index contributed by atoms with van der Waals surface area (Å²) < 4.78 is 29.2. The summed E-state index contributed by atoms with van der Waals surface area (Å²) in [6.45, 7) is 6.95. The van der Waals surface area contributed by atoms with Gasteiger partial charge in [-0.2, -0.15) is 10.2 Å². The second-order valence-corrected chi connectivity index (χ2v) is 9.53. The number of alkyl halides is 2. The summed E-state index contributed by atoms with van der Waals surface area (Å²) in [4.78, 5) is 21.0. The molecule has 0 unspecified atom stereocenters. The van der Waals surface area contributed by atoms with Gasteiger partial charge in [0, 0.05) is 50.5 Å². The largest absolute Gasteiger partial charge is 0.342 e. The van der Waals surface area contributed by atoms with E-state index in [0.717, 1.165) is 44.7 Å². The first-order valence-electron chi connectivity index (χ1n) is 12.0. The molecule has 0 aliphatic carbocycles. The third-order valence-electron chi connectivity index (χ3n) is 6.81. The van der Waals surface area contributed by atoms with Crippen molar-refractivity contribution in [1.29, 1.82) is 0 Å². The maximum atomic E-state index is 13.8. The number of hydrogen-bond donors (Lipinski definition) is 2. The normalized spacial score (nSPS) is 17.8. The smallest absolute Gasteiger partial charge is 0.284 e. The zero-order chi connectivity index (χ0) is 24.5. The van der Waals surface area contributed by atoms with E-state index in [4.69, 9.17) is 0 Å². The van der Waals surface area contributed by atoms with Crippen molar-refractivity contribution < 1.29 is 13.6 Å². The number of amides is 1. The highest BCUT2D eigenvalue weighted by Gasteiger charge is 2.37. The van der Waals surface area contributed by atoms with Crippen LogP contribution in [-0.2, 0) is 4.79 Å². The molecule has 5 heterocycles. The lowest BCUT2D eigenvalue weighted by Gasteiger charge is -2.47. The molecule has 35 heavy (non-hydrogen) atoms. The van der Waals surface area contributed by atoms with Crippen molar-refractivity contribution in [1.82, 2.24) is 34.8 Å². The zero-order valence-electron chi connectivity index (χ0n) is 19.9. The summed E-state index contributed by atoms with van der Waals surface area (Å²) in [5.41, 5.74) is 1.38. The van der Waals surface area contributed by atoms with Crippen LogP contribution in [0.1, 0.15) is 44.9 Å². The number of anilines is 2. The molecule has 2 aliphatic heterocycles. The van der Waals surface area contributed by atoms with Gasteiger partial charge in [-0.15, -0.1) is 0 Å². The van der Waals surface area contributed by atoms with Crippen molar-refractivity contribution in [3.8, 4) is 11.4 Å². The van der Waals surface area contributed by atoms with E-state index in [1.165, 1.54) is 0 Å². The number of hydrogen-bond acceptors (Lipinski definition) is 6. The number of carbonyl (C=O) groups excluding carboxylic acids is 1. The highest BCUT2D eigenvalue weighted by atomic mass is 19.3. The summed E-state index contributed by atoms with van der Waals surface area (Å²) in [7, 11) is 0. The molecule has 2 N–H and O–H groups in total. The molecule has 0 spiro atoms.